The summed E-state index contributed by atoms with van der Waals surface area (Å²) in [6, 6.07) is 14.7. The van der Waals surface area contributed by atoms with Crippen molar-refractivity contribution in [1.29, 1.82) is 0 Å². The number of benzene rings is 1. The van der Waals surface area contributed by atoms with E-state index in [0.29, 0.717) is 0 Å². The number of halogens is 4. The van der Waals surface area contributed by atoms with Crippen LogP contribution in [0, 0.1) is 0 Å². The molecule has 0 heterocycles. The summed E-state index contributed by atoms with van der Waals surface area (Å²) in [5, 5.41) is 2.66. The first kappa shape index (κ1) is 24.2. The van der Waals surface area contributed by atoms with Crippen LogP contribution in [0.15, 0.2) is 42.5 Å². The van der Waals surface area contributed by atoms with Crippen LogP contribution in [-0.4, -0.2) is 0 Å². The molecular weight excluding hydrogens is 341 g/mol. The van der Waals surface area contributed by atoms with Crippen molar-refractivity contribution in [3.63, 3.8) is 0 Å². The molecule has 0 saturated heterocycles. The van der Waals surface area contributed by atoms with Crippen molar-refractivity contribution in [2.45, 2.75) is 0 Å². The standard InChI is InChI=1S/C9H7.4ClH.Zr/c1-2-5-9-7-3-6-8(9)4-1;;;;;/h1-7H;4*1H;/q-1;;;;;+4/p-4. The number of fused-ring (bicyclic) bond motifs is 1. The third-order valence-electron chi connectivity index (χ3n) is 1.55. The summed E-state index contributed by atoms with van der Waals surface area (Å²) in [6.07, 6.45) is 0. The van der Waals surface area contributed by atoms with Crippen LogP contribution in [0.3, 0.4) is 0 Å². The van der Waals surface area contributed by atoms with Gasteiger partial charge in [-0.2, -0.15) is 17.5 Å². The van der Waals surface area contributed by atoms with Crippen molar-refractivity contribution < 1.29 is 75.8 Å². The van der Waals surface area contributed by atoms with Gasteiger partial charge in [0.15, 0.2) is 0 Å². The van der Waals surface area contributed by atoms with Crippen molar-refractivity contribution in [2.24, 2.45) is 0 Å². The second kappa shape index (κ2) is 11.9. The van der Waals surface area contributed by atoms with E-state index in [1.165, 1.54) is 10.8 Å². The van der Waals surface area contributed by atoms with E-state index in [1.54, 1.807) is 0 Å². The molecule has 0 spiro atoms. The van der Waals surface area contributed by atoms with Crippen LogP contribution in [0.25, 0.3) is 10.8 Å². The first-order valence-corrected chi connectivity index (χ1v) is 3.07. The first-order valence-electron chi connectivity index (χ1n) is 3.07. The van der Waals surface area contributed by atoms with Gasteiger partial charge in [-0.3, -0.25) is 0 Å². The summed E-state index contributed by atoms with van der Waals surface area (Å²) in [6.45, 7) is 0. The summed E-state index contributed by atoms with van der Waals surface area (Å²) in [7, 11) is 0. The van der Waals surface area contributed by atoms with Crippen molar-refractivity contribution >= 4 is 10.8 Å². The van der Waals surface area contributed by atoms with Crippen LogP contribution in [0.2, 0.25) is 0 Å². The van der Waals surface area contributed by atoms with Gasteiger partial charge < -0.3 is 49.6 Å². The van der Waals surface area contributed by atoms with Crippen LogP contribution < -0.4 is 49.6 Å². The van der Waals surface area contributed by atoms with Gasteiger partial charge in [0.05, 0.1) is 0 Å². The van der Waals surface area contributed by atoms with E-state index in [1.807, 2.05) is 0 Å². The van der Waals surface area contributed by atoms with Crippen molar-refractivity contribution in [3.8, 4) is 0 Å². The molecule has 14 heavy (non-hydrogen) atoms. The number of rotatable bonds is 0. The largest absolute Gasteiger partial charge is 4.00 e. The van der Waals surface area contributed by atoms with Gasteiger partial charge in [0.25, 0.3) is 0 Å². The molecule has 0 unspecified atom stereocenters. The van der Waals surface area contributed by atoms with Gasteiger partial charge in [-0.1, -0.05) is 6.07 Å². The molecule has 0 bridgehead atoms. The Morgan fingerprint density at radius 3 is 1.93 bits per heavy atom. The normalized spacial score (nSPS) is 6.57. The van der Waals surface area contributed by atoms with E-state index >= 15 is 0 Å². The van der Waals surface area contributed by atoms with Gasteiger partial charge in [-0.15, -0.1) is 29.7 Å². The second-order valence-electron chi connectivity index (χ2n) is 2.15. The molecule has 0 aromatic heterocycles. The van der Waals surface area contributed by atoms with E-state index in [9.17, 15) is 0 Å². The zero-order valence-corrected chi connectivity index (χ0v) is 12.5. The Balaban J connectivity index is -0.0000001000. The van der Waals surface area contributed by atoms with Crippen LogP contribution in [0.1, 0.15) is 0 Å². The molecular formula is C9H7Cl4Zr-. The molecule has 0 radical (unpaired) electrons. The Bertz CT molecular complexity index is 291. The quantitative estimate of drug-likeness (QED) is 0.415. The van der Waals surface area contributed by atoms with E-state index in [-0.39, 0.29) is 75.8 Å². The van der Waals surface area contributed by atoms with Gasteiger partial charge in [-0.25, -0.2) is 0 Å². The fourth-order valence-electron chi connectivity index (χ4n) is 1.07. The molecule has 0 atom stereocenters. The Kier molecular flexibility index (Phi) is 20.7. The topological polar surface area (TPSA) is 0 Å². The molecule has 2 rings (SSSR count). The molecule has 0 aliphatic heterocycles. The van der Waals surface area contributed by atoms with Gasteiger partial charge in [-0.05, 0) is 0 Å². The van der Waals surface area contributed by atoms with Crippen LogP contribution in [0.5, 0.6) is 0 Å². The third kappa shape index (κ3) is 5.68. The Labute approximate surface area is 128 Å². The summed E-state index contributed by atoms with van der Waals surface area (Å²) in [5.74, 6) is 0. The van der Waals surface area contributed by atoms with E-state index in [2.05, 4.69) is 42.5 Å². The predicted octanol–water partition coefficient (Wildman–Crippen LogP) is -9.43. The fourth-order valence-corrected chi connectivity index (χ4v) is 1.07. The van der Waals surface area contributed by atoms with E-state index in [4.69, 9.17) is 0 Å². The van der Waals surface area contributed by atoms with Crippen molar-refractivity contribution in [2.75, 3.05) is 0 Å². The summed E-state index contributed by atoms with van der Waals surface area (Å²) in [5.41, 5.74) is 0. The van der Waals surface area contributed by atoms with Gasteiger partial charge >= 0.3 is 26.2 Å². The number of hydrogen-bond acceptors (Lipinski definition) is 0. The predicted molar refractivity (Wildman–Crippen MR) is 39.5 cm³/mol. The maximum absolute atomic E-state index is 2.12. The molecule has 2 aromatic rings. The van der Waals surface area contributed by atoms with E-state index < -0.39 is 0 Å². The third-order valence-corrected chi connectivity index (χ3v) is 1.55. The number of hydrogen-bond donors (Lipinski definition) is 0. The Morgan fingerprint density at radius 2 is 1.36 bits per heavy atom. The van der Waals surface area contributed by atoms with Gasteiger partial charge in [0, 0.05) is 0 Å². The molecule has 0 saturated carbocycles. The summed E-state index contributed by atoms with van der Waals surface area (Å²) >= 11 is 0. The van der Waals surface area contributed by atoms with Gasteiger partial charge in [0.2, 0.25) is 0 Å². The van der Waals surface area contributed by atoms with Crippen LogP contribution >= 0.6 is 0 Å². The van der Waals surface area contributed by atoms with Crippen LogP contribution in [0.4, 0.5) is 0 Å². The molecule has 0 aliphatic rings. The van der Waals surface area contributed by atoms with Gasteiger partial charge in [0.1, 0.15) is 0 Å². The molecule has 5 heteroatoms. The molecule has 0 amide bonds. The van der Waals surface area contributed by atoms with Crippen molar-refractivity contribution in [1.82, 2.24) is 0 Å². The molecule has 2 aromatic carbocycles. The Hall–Kier alpha value is 0.873. The minimum Gasteiger partial charge on any atom is -1.00 e. The Morgan fingerprint density at radius 1 is 0.786 bits per heavy atom. The zero-order valence-electron chi connectivity index (χ0n) is 7.05. The molecule has 0 N–H and O–H groups in total. The minimum atomic E-state index is 0. The SMILES string of the molecule is [Cl-].[Cl-].[Cl-].[Cl-].[Zr+4].c1ccc2[cH-]ccc2c1. The maximum atomic E-state index is 2.12. The zero-order chi connectivity index (χ0) is 6.10. The van der Waals surface area contributed by atoms with Crippen molar-refractivity contribution in [3.05, 3.63) is 42.5 Å². The second-order valence-corrected chi connectivity index (χ2v) is 2.15. The molecule has 0 fully saturated rings. The fraction of sp³-hybridized carbons (Fsp3) is 0. The first-order chi connectivity index (χ1) is 4.47. The average molecular weight is 348 g/mol. The monoisotopic (exact) mass is 345 g/mol. The summed E-state index contributed by atoms with van der Waals surface area (Å²) < 4.78 is 0. The minimum absolute atomic E-state index is 0. The summed E-state index contributed by atoms with van der Waals surface area (Å²) in [4.78, 5) is 0. The van der Waals surface area contributed by atoms with Crippen LogP contribution in [-0.2, 0) is 26.2 Å². The average Bonchev–Trinajstić information content (AvgIpc) is 2.33. The van der Waals surface area contributed by atoms with E-state index in [0.717, 1.165) is 0 Å². The molecule has 0 nitrogen and oxygen atoms in total. The maximum Gasteiger partial charge on any atom is 4.00 e. The smallest absolute Gasteiger partial charge is 1.00 e. The molecule has 76 valence electrons. The molecule has 0 aliphatic carbocycles.